The normalized spacial score (nSPS) is 10.7. The second-order valence-electron chi connectivity index (χ2n) is 4.24. The van der Waals surface area contributed by atoms with Gasteiger partial charge < -0.3 is 10.3 Å². The van der Waals surface area contributed by atoms with E-state index in [0.717, 1.165) is 11.9 Å². The molecule has 5 heteroatoms. The van der Waals surface area contributed by atoms with E-state index in [4.69, 9.17) is 0 Å². The number of fused-ring (bicyclic) bond motifs is 1. The number of nitrogens with zero attached hydrogens (tertiary/aromatic N) is 1. The van der Waals surface area contributed by atoms with Gasteiger partial charge in [-0.3, -0.25) is 4.79 Å². The van der Waals surface area contributed by atoms with E-state index in [9.17, 15) is 4.79 Å². The summed E-state index contributed by atoms with van der Waals surface area (Å²) in [7, 11) is 0. The minimum atomic E-state index is 0.000214. The highest BCUT2D eigenvalue weighted by Gasteiger charge is 2.07. The van der Waals surface area contributed by atoms with E-state index in [-0.39, 0.29) is 5.91 Å². The third-order valence-corrected chi connectivity index (χ3v) is 3.66. The number of hydrogen-bond donors (Lipinski definition) is 2. The van der Waals surface area contributed by atoms with Gasteiger partial charge in [0, 0.05) is 35.1 Å². The molecule has 0 aliphatic rings. The van der Waals surface area contributed by atoms with Gasteiger partial charge in [-0.25, -0.2) is 4.98 Å². The summed E-state index contributed by atoms with van der Waals surface area (Å²) in [6.45, 7) is 0. The first-order valence-electron chi connectivity index (χ1n) is 6.07. The molecule has 19 heavy (non-hydrogen) atoms. The van der Waals surface area contributed by atoms with E-state index in [2.05, 4.69) is 21.4 Å². The predicted molar refractivity (Wildman–Crippen MR) is 77.4 cm³/mol. The van der Waals surface area contributed by atoms with Crippen LogP contribution in [0.25, 0.3) is 10.9 Å². The lowest BCUT2D eigenvalue weighted by Gasteiger charge is -2.01. The van der Waals surface area contributed by atoms with E-state index >= 15 is 0 Å². The number of nitrogens with one attached hydrogen (secondary N) is 2. The van der Waals surface area contributed by atoms with Crippen LogP contribution in [0.1, 0.15) is 12.0 Å². The number of thiazole rings is 1. The number of anilines is 1. The fraction of sp³-hybridized carbons (Fsp3) is 0.143. The van der Waals surface area contributed by atoms with Crippen LogP contribution in [0.4, 0.5) is 5.13 Å². The largest absolute Gasteiger partial charge is 0.361 e. The van der Waals surface area contributed by atoms with Gasteiger partial charge in [0.1, 0.15) is 0 Å². The Bertz CT molecular complexity index is 688. The zero-order chi connectivity index (χ0) is 13.1. The fourth-order valence-electron chi connectivity index (χ4n) is 2.05. The molecule has 3 rings (SSSR count). The van der Waals surface area contributed by atoms with Crippen LogP contribution in [0.2, 0.25) is 0 Å². The second-order valence-corrected chi connectivity index (χ2v) is 5.14. The number of aryl methyl sites for hydroxylation is 1. The van der Waals surface area contributed by atoms with Gasteiger partial charge in [0.05, 0.1) is 0 Å². The fourth-order valence-corrected chi connectivity index (χ4v) is 2.60. The molecule has 3 aromatic rings. The molecule has 0 fully saturated rings. The molecule has 0 spiro atoms. The summed E-state index contributed by atoms with van der Waals surface area (Å²) in [6.07, 6.45) is 4.84. The van der Waals surface area contributed by atoms with Crippen LogP contribution < -0.4 is 5.32 Å². The number of carbonyl (C=O) groups is 1. The molecule has 2 heterocycles. The number of rotatable bonds is 4. The molecule has 0 bridgehead atoms. The lowest BCUT2D eigenvalue weighted by atomic mass is 10.1. The van der Waals surface area contributed by atoms with E-state index in [0.29, 0.717) is 11.6 Å². The average Bonchev–Trinajstić information content (AvgIpc) is 3.05. The van der Waals surface area contributed by atoms with Crippen LogP contribution in [-0.4, -0.2) is 15.9 Å². The van der Waals surface area contributed by atoms with Crippen LogP contribution in [0, 0.1) is 0 Å². The first kappa shape index (κ1) is 11.9. The van der Waals surface area contributed by atoms with Gasteiger partial charge in [-0.2, -0.15) is 0 Å². The summed E-state index contributed by atoms with van der Waals surface area (Å²) in [5, 5.41) is 6.47. The third kappa shape index (κ3) is 2.66. The molecule has 0 saturated carbocycles. The Morgan fingerprint density at radius 1 is 1.37 bits per heavy atom. The molecule has 0 aliphatic heterocycles. The van der Waals surface area contributed by atoms with Gasteiger partial charge in [0.25, 0.3) is 0 Å². The number of H-pyrrole nitrogens is 1. The average molecular weight is 271 g/mol. The van der Waals surface area contributed by atoms with E-state index in [1.807, 2.05) is 29.8 Å². The summed E-state index contributed by atoms with van der Waals surface area (Å²) in [6, 6.07) is 8.11. The Balaban J connectivity index is 1.64. The summed E-state index contributed by atoms with van der Waals surface area (Å²) < 4.78 is 0. The second kappa shape index (κ2) is 5.24. The molecule has 0 saturated heterocycles. The van der Waals surface area contributed by atoms with Crippen LogP contribution >= 0.6 is 11.3 Å². The van der Waals surface area contributed by atoms with Crippen molar-refractivity contribution >= 4 is 33.3 Å². The molecular weight excluding hydrogens is 258 g/mol. The molecule has 1 amide bonds. The number of carbonyl (C=O) groups excluding carboxylic acids is 1. The van der Waals surface area contributed by atoms with Crippen LogP contribution in [0.5, 0.6) is 0 Å². The van der Waals surface area contributed by atoms with Crippen LogP contribution in [0.3, 0.4) is 0 Å². The summed E-state index contributed by atoms with van der Waals surface area (Å²) in [5.41, 5.74) is 2.28. The summed E-state index contributed by atoms with van der Waals surface area (Å²) in [4.78, 5) is 19.0. The van der Waals surface area contributed by atoms with Crippen LogP contribution in [0.15, 0.2) is 42.0 Å². The third-order valence-electron chi connectivity index (χ3n) is 2.97. The van der Waals surface area contributed by atoms with Crippen molar-refractivity contribution in [1.82, 2.24) is 9.97 Å². The standard InChI is InChI=1S/C14H13N3OS/c18-13(17-14-15-7-8-19-14)6-5-10-9-16-12-4-2-1-3-11(10)12/h1-4,7-9,16H,5-6H2,(H,15,17,18). The lowest BCUT2D eigenvalue weighted by molar-refractivity contribution is -0.116. The molecule has 4 nitrogen and oxygen atoms in total. The van der Waals surface area contributed by atoms with Crippen molar-refractivity contribution in [3.8, 4) is 0 Å². The van der Waals surface area contributed by atoms with E-state index in [1.165, 1.54) is 22.3 Å². The van der Waals surface area contributed by atoms with Crippen LogP contribution in [-0.2, 0) is 11.2 Å². The number of aromatic nitrogens is 2. The maximum absolute atomic E-state index is 11.8. The molecule has 2 N–H and O–H groups in total. The Kier molecular flexibility index (Phi) is 3.29. The quantitative estimate of drug-likeness (QED) is 0.765. The lowest BCUT2D eigenvalue weighted by Crippen LogP contribution is -2.11. The number of para-hydroxylation sites is 1. The summed E-state index contributed by atoms with van der Waals surface area (Å²) >= 11 is 1.43. The number of benzene rings is 1. The minimum Gasteiger partial charge on any atom is -0.361 e. The van der Waals surface area contributed by atoms with Crippen molar-refractivity contribution < 1.29 is 4.79 Å². The first-order chi connectivity index (χ1) is 9.33. The molecular formula is C14H13N3OS. The maximum Gasteiger partial charge on any atom is 0.226 e. The van der Waals surface area contributed by atoms with Gasteiger partial charge >= 0.3 is 0 Å². The van der Waals surface area contributed by atoms with Crippen molar-refractivity contribution in [1.29, 1.82) is 0 Å². The van der Waals surface area contributed by atoms with Gasteiger partial charge in [0.2, 0.25) is 5.91 Å². The highest BCUT2D eigenvalue weighted by molar-refractivity contribution is 7.13. The van der Waals surface area contributed by atoms with E-state index in [1.54, 1.807) is 6.20 Å². The Labute approximate surface area is 114 Å². The molecule has 2 aromatic heterocycles. The Hall–Kier alpha value is -2.14. The molecule has 0 unspecified atom stereocenters. The van der Waals surface area contributed by atoms with Crippen molar-refractivity contribution in [3.63, 3.8) is 0 Å². The van der Waals surface area contributed by atoms with E-state index < -0.39 is 0 Å². The van der Waals surface area contributed by atoms with Gasteiger partial charge in [-0.15, -0.1) is 11.3 Å². The smallest absolute Gasteiger partial charge is 0.226 e. The predicted octanol–water partition coefficient (Wildman–Crippen LogP) is 3.20. The molecule has 0 atom stereocenters. The van der Waals surface area contributed by atoms with Crippen molar-refractivity contribution in [2.75, 3.05) is 5.32 Å². The molecule has 0 radical (unpaired) electrons. The van der Waals surface area contributed by atoms with Gasteiger partial charge in [0.15, 0.2) is 5.13 Å². The monoisotopic (exact) mass is 271 g/mol. The number of hydrogen-bond acceptors (Lipinski definition) is 3. The van der Waals surface area contributed by atoms with Gasteiger partial charge in [-0.1, -0.05) is 18.2 Å². The minimum absolute atomic E-state index is 0.000214. The zero-order valence-electron chi connectivity index (χ0n) is 10.2. The first-order valence-corrected chi connectivity index (χ1v) is 6.95. The highest BCUT2D eigenvalue weighted by atomic mass is 32.1. The molecule has 0 aliphatic carbocycles. The number of aromatic amines is 1. The maximum atomic E-state index is 11.8. The highest BCUT2D eigenvalue weighted by Crippen LogP contribution is 2.19. The van der Waals surface area contributed by atoms with Gasteiger partial charge in [-0.05, 0) is 18.1 Å². The topological polar surface area (TPSA) is 57.8 Å². The number of amides is 1. The van der Waals surface area contributed by atoms with Crippen molar-refractivity contribution in [2.45, 2.75) is 12.8 Å². The Morgan fingerprint density at radius 2 is 2.26 bits per heavy atom. The van der Waals surface area contributed by atoms with Crippen molar-refractivity contribution in [3.05, 3.63) is 47.6 Å². The Morgan fingerprint density at radius 3 is 3.11 bits per heavy atom. The molecule has 1 aromatic carbocycles. The SMILES string of the molecule is O=C(CCc1c[nH]c2ccccc12)Nc1nccs1. The zero-order valence-corrected chi connectivity index (χ0v) is 11.0. The summed E-state index contributed by atoms with van der Waals surface area (Å²) in [5.74, 6) is 0.000214. The molecule has 96 valence electrons. The van der Waals surface area contributed by atoms with Crippen molar-refractivity contribution in [2.24, 2.45) is 0 Å².